The lowest BCUT2D eigenvalue weighted by atomic mass is 9.66. The lowest BCUT2D eigenvalue weighted by Gasteiger charge is -2.53. The van der Waals surface area contributed by atoms with Crippen molar-refractivity contribution in [2.24, 2.45) is 11.3 Å². The van der Waals surface area contributed by atoms with Crippen molar-refractivity contribution < 1.29 is 22.2 Å². The Kier molecular flexibility index (Phi) is 10.1. The predicted molar refractivity (Wildman–Crippen MR) is 178 cm³/mol. The monoisotopic (exact) mass is 682 g/mol. The van der Waals surface area contributed by atoms with Crippen molar-refractivity contribution >= 4 is 54.5 Å². The van der Waals surface area contributed by atoms with Gasteiger partial charge in [0.1, 0.15) is 11.5 Å². The number of hydrogen-bond donors (Lipinski definition) is 1. The molecule has 1 amide bonds. The molecule has 1 aliphatic heterocycles. The molecule has 2 fully saturated rings. The van der Waals surface area contributed by atoms with E-state index in [1.165, 1.54) is 0 Å². The summed E-state index contributed by atoms with van der Waals surface area (Å²) < 4.78 is 47.5. The average Bonchev–Trinajstić information content (AvgIpc) is 3.68. The molecule has 1 saturated heterocycles. The summed E-state index contributed by atoms with van der Waals surface area (Å²) in [5, 5.41) is 0.636. The van der Waals surface area contributed by atoms with Crippen molar-refractivity contribution in [3.63, 3.8) is 0 Å². The van der Waals surface area contributed by atoms with Crippen LogP contribution < -0.4 is 0 Å². The van der Waals surface area contributed by atoms with Crippen LogP contribution in [0.3, 0.4) is 0 Å². The van der Waals surface area contributed by atoms with Gasteiger partial charge < -0.3 is 4.90 Å². The van der Waals surface area contributed by atoms with Gasteiger partial charge in [-0.2, -0.15) is 0 Å². The minimum Gasteiger partial charge on any atom is -0.330 e. The Balaban J connectivity index is 1.88. The highest BCUT2D eigenvalue weighted by Gasteiger charge is 2.55. The topological polar surface area (TPSA) is 112 Å². The van der Waals surface area contributed by atoms with Crippen LogP contribution in [0.1, 0.15) is 90.3 Å². The molecule has 1 N–H and O–H groups in total. The maximum Gasteiger partial charge on any atom is 0.229 e. The van der Waals surface area contributed by atoms with E-state index >= 15 is 0 Å². The lowest BCUT2D eigenvalue weighted by molar-refractivity contribution is -0.157. The molecule has 4 rings (SSSR count). The zero-order valence-electron chi connectivity index (χ0n) is 26.3. The number of amides is 1. The molecule has 2 aromatic carbocycles. The number of ketones is 1. The molecule has 1 aliphatic carbocycles. The summed E-state index contributed by atoms with van der Waals surface area (Å²) in [6.45, 7) is 10.8. The maximum atomic E-state index is 14.9. The molecule has 0 bridgehead atoms. The first-order chi connectivity index (χ1) is 20.3. The number of rotatable bonds is 12. The third-order valence-electron chi connectivity index (χ3n) is 9.54. The van der Waals surface area contributed by atoms with E-state index in [-0.39, 0.29) is 36.3 Å². The van der Waals surface area contributed by atoms with Crippen molar-refractivity contribution in [2.75, 3.05) is 11.5 Å². The second kappa shape index (κ2) is 12.7. The van der Waals surface area contributed by atoms with Crippen LogP contribution in [0.15, 0.2) is 48.5 Å². The molecule has 11 heteroatoms. The van der Waals surface area contributed by atoms with Crippen LogP contribution >= 0.6 is 23.2 Å². The number of nitrogens with one attached hydrogen (secondary N) is 1. The second-order valence-electron chi connectivity index (χ2n) is 13.8. The molecule has 7 nitrogen and oxygen atoms in total. The summed E-state index contributed by atoms with van der Waals surface area (Å²) in [5.41, 5.74) is 0.433. The molecule has 1 unspecified atom stereocenters. The van der Waals surface area contributed by atoms with Crippen LogP contribution in [0.25, 0.3) is 0 Å². The molecule has 242 valence electrons. The molecular weight excluding hydrogens is 639 g/mol. The summed E-state index contributed by atoms with van der Waals surface area (Å²) in [5.74, 6) is -1.95. The number of benzene rings is 2. The Bertz CT molecular complexity index is 1620. The van der Waals surface area contributed by atoms with E-state index in [0.717, 1.165) is 11.1 Å². The highest BCUT2D eigenvalue weighted by Crippen LogP contribution is 2.53. The number of halogens is 2. The third kappa shape index (κ3) is 7.21. The van der Waals surface area contributed by atoms with Gasteiger partial charge in [-0.3, -0.25) is 14.4 Å². The zero-order chi connectivity index (χ0) is 32.8. The van der Waals surface area contributed by atoms with E-state index in [1.807, 2.05) is 44.2 Å². The normalized spacial score (nSPS) is 25.6. The minimum atomic E-state index is -3.65. The molecule has 0 aromatic heterocycles. The quantitative estimate of drug-likeness (QED) is 0.250. The first kappa shape index (κ1) is 34.9. The van der Waals surface area contributed by atoms with Gasteiger partial charge >= 0.3 is 0 Å². The van der Waals surface area contributed by atoms with E-state index in [1.54, 1.807) is 50.8 Å². The fraction of sp³-hybridized carbons (Fsp3) is 0.576. The number of likely N-dealkylation sites (tertiary alicyclic amines) is 1. The van der Waals surface area contributed by atoms with Crippen molar-refractivity contribution in [1.29, 1.82) is 4.78 Å². The molecule has 44 heavy (non-hydrogen) atoms. The van der Waals surface area contributed by atoms with Gasteiger partial charge in [0, 0.05) is 43.4 Å². The van der Waals surface area contributed by atoms with Gasteiger partial charge in [-0.1, -0.05) is 82.1 Å². The Morgan fingerprint density at radius 3 is 2.11 bits per heavy atom. The van der Waals surface area contributed by atoms with Gasteiger partial charge in [0.05, 0.1) is 22.0 Å². The molecule has 0 radical (unpaired) electrons. The highest BCUT2D eigenvalue weighted by molar-refractivity contribution is 7.93. The van der Waals surface area contributed by atoms with Crippen molar-refractivity contribution in [3.05, 3.63) is 69.7 Å². The van der Waals surface area contributed by atoms with Crippen molar-refractivity contribution in [1.82, 2.24) is 4.90 Å². The van der Waals surface area contributed by atoms with Gasteiger partial charge in [0.25, 0.3) is 0 Å². The van der Waals surface area contributed by atoms with Gasteiger partial charge in [-0.05, 0) is 67.5 Å². The van der Waals surface area contributed by atoms with Gasteiger partial charge in [-0.25, -0.2) is 12.6 Å². The molecule has 0 spiro atoms. The summed E-state index contributed by atoms with van der Waals surface area (Å²) in [7, 11) is -6.75. The number of piperidine rings is 1. The van der Waals surface area contributed by atoms with E-state index < -0.39 is 58.6 Å². The van der Waals surface area contributed by atoms with Crippen LogP contribution in [-0.2, 0) is 29.2 Å². The average molecular weight is 684 g/mol. The van der Waals surface area contributed by atoms with Crippen LogP contribution in [0, 0.1) is 16.1 Å². The van der Waals surface area contributed by atoms with E-state index in [2.05, 4.69) is 0 Å². The number of nitrogens with zero attached hydrogens (tertiary/aromatic N) is 1. The van der Waals surface area contributed by atoms with Gasteiger partial charge in [-0.15, -0.1) is 0 Å². The Hall–Kier alpha value is -1.94. The number of sulfone groups is 1. The van der Waals surface area contributed by atoms with E-state index in [0.29, 0.717) is 22.9 Å². The summed E-state index contributed by atoms with van der Waals surface area (Å²) in [6.07, 6.45) is 1.09. The number of hydrogen-bond acceptors (Lipinski definition) is 6. The SMILES string of the molecule is CC(C)[C@@H](CS(=N)(=O)C(C)C)N1C(=O)[C@@](C)(CC(=O)CS(=O)(=O)C2(C)CC2)C[C@H](c2cccc(Cl)c2)[C@H]1c1ccc(Cl)cc1. The number of carbonyl (C=O) groups is 2. The Morgan fingerprint density at radius 2 is 1.59 bits per heavy atom. The van der Waals surface area contributed by atoms with Crippen LogP contribution in [-0.4, -0.2) is 56.8 Å². The summed E-state index contributed by atoms with van der Waals surface area (Å²) in [6, 6.07) is 13.6. The van der Waals surface area contributed by atoms with Gasteiger partial charge in [0.2, 0.25) is 5.91 Å². The number of carbonyl (C=O) groups excluding carboxylic acids is 2. The van der Waals surface area contributed by atoms with Gasteiger partial charge in [0.15, 0.2) is 9.84 Å². The molecule has 2 aromatic rings. The lowest BCUT2D eigenvalue weighted by Crippen LogP contribution is -2.59. The van der Waals surface area contributed by atoms with Crippen LogP contribution in [0.4, 0.5) is 0 Å². The van der Waals surface area contributed by atoms with Crippen molar-refractivity contribution in [2.45, 2.75) is 95.2 Å². The Labute approximate surface area is 273 Å². The first-order valence-electron chi connectivity index (χ1n) is 15.1. The Morgan fingerprint density at radius 1 is 0.977 bits per heavy atom. The molecule has 5 atom stereocenters. The first-order valence-corrected chi connectivity index (χ1v) is 19.3. The van der Waals surface area contributed by atoms with Crippen molar-refractivity contribution in [3.8, 4) is 0 Å². The fourth-order valence-electron chi connectivity index (χ4n) is 6.31. The molecule has 2 aliphatic rings. The highest BCUT2D eigenvalue weighted by atomic mass is 35.5. The summed E-state index contributed by atoms with van der Waals surface area (Å²) in [4.78, 5) is 30.1. The standard InChI is InChI=1S/C33H44Cl2N2O5S2/c1-21(2)29(20-43(36,40)22(3)4)37-30(23-10-12-25(34)13-11-23)28(24-8-7-9-26(35)16-24)18-32(5,31(37)39)17-27(38)19-44(41,42)33(6)14-15-33/h7-13,16,21-22,28-30,36H,14-15,17-20H2,1-6H3/t28-,29-,30-,32+,43?/m1/s1. The predicted octanol–water partition coefficient (Wildman–Crippen LogP) is 7.46. The van der Waals surface area contributed by atoms with E-state index in [9.17, 15) is 22.2 Å². The molecule has 1 heterocycles. The zero-order valence-corrected chi connectivity index (χ0v) is 29.5. The van der Waals surface area contributed by atoms with E-state index in [4.69, 9.17) is 28.0 Å². The largest absolute Gasteiger partial charge is 0.330 e. The molecule has 1 saturated carbocycles. The second-order valence-corrected chi connectivity index (χ2v) is 19.9. The minimum absolute atomic E-state index is 0.0306. The van der Waals surface area contributed by atoms with Crippen LogP contribution in [0.5, 0.6) is 0 Å². The summed E-state index contributed by atoms with van der Waals surface area (Å²) >= 11 is 12.7. The maximum absolute atomic E-state index is 14.9. The van der Waals surface area contributed by atoms with Crippen LogP contribution in [0.2, 0.25) is 10.0 Å². The third-order valence-corrected chi connectivity index (χ3v) is 15.0. The smallest absolute Gasteiger partial charge is 0.229 e. The molecular formula is C33H44Cl2N2O5S2. The fourth-order valence-corrected chi connectivity index (χ4v) is 9.67. The number of Topliss-reactive ketones (excluding diaryl/α,β-unsaturated/α-hetero) is 1.